The first-order valence-electron chi connectivity index (χ1n) is 8.48. The van der Waals surface area contributed by atoms with Gasteiger partial charge < -0.3 is 15.0 Å². The molecule has 0 radical (unpaired) electrons. The molecule has 8 nitrogen and oxygen atoms in total. The number of aromatic nitrogens is 1. The summed E-state index contributed by atoms with van der Waals surface area (Å²) in [5.74, 6) is 0. The van der Waals surface area contributed by atoms with Crippen LogP contribution in [0.4, 0.5) is 10.5 Å². The Kier molecular flexibility index (Phi) is 5.55. The third kappa shape index (κ3) is 4.90. The van der Waals surface area contributed by atoms with Gasteiger partial charge in [-0.05, 0) is 25.0 Å². The maximum atomic E-state index is 12.3. The molecule has 0 spiro atoms. The van der Waals surface area contributed by atoms with Crippen LogP contribution in [0.25, 0.3) is 0 Å². The number of anilines is 1. The van der Waals surface area contributed by atoms with Crippen LogP contribution in [0.15, 0.2) is 23.4 Å². The smallest absolute Gasteiger partial charge is 0.321 e. The number of ether oxygens (including phenoxy) is 1. The van der Waals surface area contributed by atoms with E-state index in [0.29, 0.717) is 24.9 Å². The summed E-state index contributed by atoms with van der Waals surface area (Å²) in [6.07, 6.45) is 5.06. The van der Waals surface area contributed by atoms with Crippen molar-refractivity contribution < 1.29 is 17.9 Å². The van der Waals surface area contributed by atoms with E-state index >= 15 is 0 Å². The molecule has 9 heteroatoms. The molecular formula is C16H24N4O4S. The first-order chi connectivity index (χ1) is 11.9. The van der Waals surface area contributed by atoms with Crippen molar-refractivity contribution in [2.24, 2.45) is 0 Å². The number of amides is 2. The van der Waals surface area contributed by atoms with Gasteiger partial charge in [-0.3, -0.25) is 4.90 Å². The second-order valence-corrected chi connectivity index (χ2v) is 8.47. The van der Waals surface area contributed by atoms with Crippen molar-refractivity contribution in [2.75, 3.05) is 50.9 Å². The van der Waals surface area contributed by atoms with Crippen LogP contribution in [-0.4, -0.2) is 80.9 Å². The normalized spacial score (nSPS) is 22.1. The number of piperazine rings is 1. The van der Waals surface area contributed by atoms with Crippen LogP contribution in [0.2, 0.25) is 0 Å². The molecule has 138 valence electrons. The third-order valence-corrected chi connectivity index (χ3v) is 5.51. The molecule has 2 saturated heterocycles. The minimum atomic E-state index is -3.33. The Bertz CT molecular complexity index is 693. The molecule has 1 N–H and O–H groups in total. The minimum absolute atomic E-state index is 0.00625. The number of hydrogen-bond donors (Lipinski definition) is 1. The lowest BCUT2D eigenvalue weighted by Gasteiger charge is -2.35. The van der Waals surface area contributed by atoms with E-state index in [1.807, 2.05) is 0 Å². The summed E-state index contributed by atoms with van der Waals surface area (Å²) in [4.78, 5) is 20.3. The van der Waals surface area contributed by atoms with Crippen LogP contribution in [0.1, 0.15) is 12.8 Å². The molecular weight excluding hydrogens is 344 g/mol. The van der Waals surface area contributed by atoms with Gasteiger partial charge in [-0.2, -0.15) is 0 Å². The molecule has 1 aromatic rings. The fourth-order valence-corrected chi connectivity index (χ4v) is 3.65. The Labute approximate surface area is 148 Å². The number of pyridine rings is 1. The van der Waals surface area contributed by atoms with Gasteiger partial charge in [-0.15, -0.1) is 0 Å². The molecule has 0 bridgehead atoms. The molecule has 2 fully saturated rings. The maximum Gasteiger partial charge on any atom is 0.321 e. The lowest BCUT2D eigenvalue weighted by Crippen LogP contribution is -2.51. The highest BCUT2D eigenvalue weighted by Gasteiger charge is 2.25. The number of hydrogen-bond acceptors (Lipinski definition) is 6. The van der Waals surface area contributed by atoms with E-state index in [2.05, 4.69) is 15.2 Å². The molecule has 3 heterocycles. The summed E-state index contributed by atoms with van der Waals surface area (Å²) in [6, 6.07) is 2.75. The second kappa shape index (κ2) is 7.67. The SMILES string of the molecule is CS(=O)(=O)c1ccc(NC(=O)N2CCN(C[C@H]3CCCO3)CC2)cn1. The Morgan fingerprint density at radius 3 is 2.64 bits per heavy atom. The molecule has 25 heavy (non-hydrogen) atoms. The van der Waals surface area contributed by atoms with Gasteiger partial charge in [0.1, 0.15) is 0 Å². The summed E-state index contributed by atoms with van der Waals surface area (Å²) in [7, 11) is -3.33. The highest BCUT2D eigenvalue weighted by molar-refractivity contribution is 7.90. The number of rotatable bonds is 4. The molecule has 2 aliphatic rings. The summed E-state index contributed by atoms with van der Waals surface area (Å²) < 4.78 is 28.5. The van der Waals surface area contributed by atoms with E-state index in [4.69, 9.17) is 4.74 Å². The van der Waals surface area contributed by atoms with Gasteiger partial charge in [0.25, 0.3) is 0 Å². The lowest BCUT2D eigenvalue weighted by molar-refractivity contribution is 0.0572. The van der Waals surface area contributed by atoms with Crippen molar-refractivity contribution >= 4 is 21.6 Å². The van der Waals surface area contributed by atoms with Crippen molar-refractivity contribution in [2.45, 2.75) is 24.0 Å². The van der Waals surface area contributed by atoms with Gasteiger partial charge in [-0.1, -0.05) is 0 Å². The van der Waals surface area contributed by atoms with Crippen molar-refractivity contribution in [1.29, 1.82) is 0 Å². The number of nitrogens with zero attached hydrogens (tertiary/aromatic N) is 3. The van der Waals surface area contributed by atoms with Crippen molar-refractivity contribution in [3.8, 4) is 0 Å². The zero-order valence-electron chi connectivity index (χ0n) is 14.3. The quantitative estimate of drug-likeness (QED) is 0.846. The summed E-state index contributed by atoms with van der Waals surface area (Å²) in [5, 5.41) is 2.76. The van der Waals surface area contributed by atoms with Gasteiger partial charge in [0.15, 0.2) is 14.9 Å². The van der Waals surface area contributed by atoms with Crippen LogP contribution < -0.4 is 5.32 Å². The molecule has 0 aliphatic carbocycles. The van der Waals surface area contributed by atoms with Gasteiger partial charge in [0.05, 0.1) is 18.0 Å². The van der Waals surface area contributed by atoms with Gasteiger partial charge >= 0.3 is 6.03 Å². The van der Waals surface area contributed by atoms with E-state index in [1.54, 1.807) is 11.0 Å². The number of nitrogens with one attached hydrogen (secondary N) is 1. The van der Waals surface area contributed by atoms with E-state index < -0.39 is 9.84 Å². The Morgan fingerprint density at radius 2 is 2.08 bits per heavy atom. The third-order valence-electron chi connectivity index (χ3n) is 4.51. The predicted octanol–water partition coefficient (Wildman–Crippen LogP) is 0.814. The molecule has 2 aliphatic heterocycles. The van der Waals surface area contributed by atoms with E-state index in [1.165, 1.54) is 12.3 Å². The van der Waals surface area contributed by atoms with E-state index in [0.717, 1.165) is 45.3 Å². The number of carbonyl (C=O) groups excluding carboxylic acids is 1. The maximum absolute atomic E-state index is 12.3. The van der Waals surface area contributed by atoms with Crippen LogP contribution in [0, 0.1) is 0 Å². The predicted molar refractivity (Wildman–Crippen MR) is 93.4 cm³/mol. The lowest BCUT2D eigenvalue weighted by atomic mass is 10.2. The van der Waals surface area contributed by atoms with E-state index in [9.17, 15) is 13.2 Å². The highest BCUT2D eigenvalue weighted by Crippen LogP contribution is 2.15. The average molecular weight is 368 g/mol. The average Bonchev–Trinajstić information content (AvgIpc) is 3.08. The number of carbonyl (C=O) groups is 1. The fraction of sp³-hybridized carbons (Fsp3) is 0.625. The topological polar surface area (TPSA) is 91.8 Å². The Hall–Kier alpha value is -1.71. The van der Waals surface area contributed by atoms with Crippen LogP contribution in [0.3, 0.4) is 0 Å². The first-order valence-corrected chi connectivity index (χ1v) is 10.4. The van der Waals surface area contributed by atoms with Crippen LogP contribution in [0.5, 0.6) is 0 Å². The van der Waals surface area contributed by atoms with Gasteiger partial charge in [0.2, 0.25) is 0 Å². The number of urea groups is 1. The summed E-state index contributed by atoms with van der Waals surface area (Å²) in [6.45, 7) is 4.78. The molecule has 3 rings (SSSR count). The van der Waals surface area contributed by atoms with Crippen molar-refractivity contribution in [3.63, 3.8) is 0 Å². The summed E-state index contributed by atoms with van der Waals surface area (Å²) in [5.41, 5.74) is 0.485. The Morgan fingerprint density at radius 1 is 1.32 bits per heavy atom. The largest absolute Gasteiger partial charge is 0.377 e. The Balaban J connectivity index is 1.47. The van der Waals surface area contributed by atoms with Crippen molar-refractivity contribution in [1.82, 2.24) is 14.8 Å². The zero-order chi connectivity index (χ0) is 17.9. The van der Waals surface area contributed by atoms with Crippen LogP contribution in [-0.2, 0) is 14.6 Å². The van der Waals surface area contributed by atoms with Crippen molar-refractivity contribution in [3.05, 3.63) is 18.3 Å². The molecule has 0 saturated carbocycles. The fourth-order valence-electron chi connectivity index (χ4n) is 3.09. The standard InChI is InChI=1S/C16H24N4O4S/c1-25(22,23)15-5-4-13(11-17-15)18-16(21)20-8-6-19(7-9-20)12-14-3-2-10-24-14/h4-5,11,14H,2-3,6-10,12H2,1H3,(H,18,21)/t14-/m1/s1. The first kappa shape index (κ1) is 18.1. The molecule has 0 aromatic carbocycles. The molecule has 2 amide bonds. The summed E-state index contributed by atoms with van der Waals surface area (Å²) >= 11 is 0. The van der Waals surface area contributed by atoms with E-state index in [-0.39, 0.29) is 11.1 Å². The molecule has 1 aromatic heterocycles. The monoisotopic (exact) mass is 368 g/mol. The number of sulfone groups is 1. The molecule has 1 atom stereocenters. The minimum Gasteiger partial charge on any atom is -0.377 e. The second-order valence-electron chi connectivity index (χ2n) is 6.51. The van der Waals surface area contributed by atoms with Gasteiger partial charge in [0, 0.05) is 45.6 Å². The van der Waals surface area contributed by atoms with Crippen LogP contribution >= 0.6 is 0 Å². The zero-order valence-corrected chi connectivity index (χ0v) is 15.2. The molecule has 0 unspecified atom stereocenters. The highest BCUT2D eigenvalue weighted by atomic mass is 32.2. The van der Waals surface area contributed by atoms with Gasteiger partial charge in [-0.25, -0.2) is 18.2 Å².